The van der Waals surface area contributed by atoms with Crippen LogP contribution in [0.15, 0.2) is 72.9 Å². The first-order chi connectivity index (χ1) is 11.2. The van der Waals surface area contributed by atoms with Gasteiger partial charge in [-0.1, -0.05) is 48.0 Å². The van der Waals surface area contributed by atoms with Crippen LogP contribution in [0.2, 0.25) is 5.02 Å². The average Bonchev–Trinajstić information content (AvgIpc) is 2.60. The molecule has 0 saturated heterocycles. The second-order valence-electron chi connectivity index (χ2n) is 5.25. The standard InChI is InChI=1S/C19H17ClN2O/c20-16-9-10-18(23)15(12-16)13-22-19(14-6-2-1-3-7-14)17-8-4-5-11-21-17/h1-12,19,22-23H,13H2/t19-/m0/s1. The van der Waals surface area contributed by atoms with Crippen LogP contribution in [0.4, 0.5) is 0 Å². The summed E-state index contributed by atoms with van der Waals surface area (Å²) < 4.78 is 0. The highest BCUT2D eigenvalue weighted by Crippen LogP contribution is 2.24. The largest absolute Gasteiger partial charge is 0.508 e. The Bertz CT molecular complexity index is 723. The van der Waals surface area contributed by atoms with E-state index in [2.05, 4.69) is 22.4 Å². The zero-order chi connectivity index (χ0) is 16.1. The maximum atomic E-state index is 9.97. The zero-order valence-electron chi connectivity index (χ0n) is 12.5. The summed E-state index contributed by atoms with van der Waals surface area (Å²) in [6, 6.07) is 21.0. The first-order valence-corrected chi connectivity index (χ1v) is 7.78. The molecular formula is C19H17ClN2O. The molecule has 2 aromatic carbocycles. The van der Waals surface area contributed by atoms with E-state index in [1.54, 1.807) is 24.4 Å². The van der Waals surface area contributed by atoms with E-state index < -0.39 is 0 Å². The fraction of sp³-hybridized carbons (Fsp3) is 0.105. The molecule has 3 rings (SSSR count). The molecule has 0 unspecified atom stereocenters. The van der Waals surface area contributed by atoms with E-state index in [4.69, 9.17) is 11.6 Å². The van der Waals surface area contributed by atoms with E-state index in [9.17, 15) is 5.11 Å². The molecule has 0 bridgehead atoms. The first kappa shape index (κ1) is 15.5. The van der Waals surface area contributed by atoms with Crippen LogP contribution in [0.3, 0.4) is 0 Å². The number of aromatic nitrogens is 1. The number of phenols is 1. The van der Waals surface area contributed by atoms with Crippen LogP contribution in [0.25, 0.3) is 0 Å². The molecule has 116 valence electrons. The van der Waals surface area contributed by atoms with E-state index in [-0.39, 0.29) is 11.8 Å². The van der Waals surface area contributed by atoms with Crippen molar-refractivity contribution in [1.82, 2.24) is 10.3 Å². The smallest absolute Gasteiger partial charge is 0.120 e. The number of hydrogen-bond donors (Lipinski definition) is 2. The predicted molar refractivity (Wildman–Crippen MR) is 92.5 cm³/mol. The molecule has 1 aromatic heterocycles. The average molecular weight is 325 g/mol. The molecule has 0 aliphatic carbocycles. The Balaban J connectivity index is 1.86. The van der Waals surface area contributed by atoms with Crippen molar-refractivity contribution >= 4 is 11.6 Å². The van der Waals surface area contributed by atoms with E-state index in [0.29, 0.717) is 11.6 Å². The molecular weight excluding hydrogens is 308 g/mol. The van der Waals surface area contributed by atoms with Crippen LogP contribution in [0.1, 0.15) is 22.9 Å². The minimum absolute atomic E-state index is 0.0595. The van der Waals surface area contributed by atoms with Gasteiger partial charge in [-0.2, -0.15) is 0 Å². The summed E-state index contributed by atoms with van der Waals surface area (Å²) in [5.74, 6) is 0.231. The van der Waals surface area contributed by atoms with E-state index in [1.807, 2.05) is 36.4 Å². The first-order valence-electron chi connectivity index (χ1n) is 7.40. The van der Waals surface area contributed by atoms with Gasteiger partial charge >= 0.3 is 0 Å². The van der Waals surface area contributed by atoms with Crippen molar-refractivity contribution in [2.75, 3.05) is 0 Å². The summed E-state index contributed by atoms with van der Waals surface area (Å²) in [6.45, 7) is 0.489. The Morgan fingerprint density at radius 1 is 1.00 bits per heavy atom. The van der Waals surface area contributed by atoms with E-state index >= 15 is 0 Å². The van der Waals surface area contributed by atoms with Gasteiger partial charge in [0.15, 0.2) is 0 Å². The van der Waals surface area contributed by atoms with Gasteiger partial charge < -0.3 is 10.4 Å². The minimum atomic E-state index is -0.0595. The van der Waals surface area contributed by atoms with Crippen molar-refractivity contribution in [3.8, 4) is 5.75 Å². The SMILES string of the molecule is Oc1ccc(Cl)cc1CN[C@@H](c1ccccc1)c1ccccn1. The quantitative estimate of drug-likeness (QED) is 0.734. The third kappa shape index (κ3) is 3.89. The lowest BCUT2D eigenvalue weighted by atomic mass is 10.0. The number of benzene rings is 2. The number of aromatic hydroxyl groups is 1. The molecule has 1 heterocycles. The van der Waals surface area contributed by atoms with Gasteiger partial charge in [-0.05, 0) is 35.9 Å². The van der Waals surface area contributed by atoms with Gasteiger partial charge in [0.05, 0.1) is 11.7 Å². The van der Waals surface area contributed by atoms with Gasteiger partial charge in [0, 0.05) is 23.3 Å². The number of hydrogen-bond acceptors (Lipinski definition) is 3. The van der Waals surface area contributed by atoms with Crippen molar-refractivity contribution in [3.63, 3.8) is 0 Å². The summed E-state index contributed by atoms with van der Waals surface area (Å²) in [5, 5.41) is 14.0. The van der Waals surface area contributed by atoms with Crippen LogP contribution in [-0.2, 0) is 6.54 Å². The van der Waals surface area contributed by atoms with Crippen molar-refractivity contribution in [2.24, 2.45) is 0 Å². The van der Waals surface area contributed by atoms with Gasteiger partial charge in [-0.15, -0.1) is 0 Å². The molecule has 3 aromatic rings. The summed E-state index contributed by atoms with van der Waals surface area (Å²) in [5.41, 5.74) is 2.81. The Morgan fingerprint density at radius 3 is 2.52 bits per heavy atom. The molecule has 23 heavy (non-hydrogen) atoms. The maximum Gasteiger partial charge on any atom is 0.120 e. The number of halogens is 1. The third-order valence-corrected chi connectivity index (χ3v) is 3.89. The monoisotopic (exact) mass is 324 g/mol. The molecule has 0 saturated carbocycles. The normalized spacial score (nSPS) is 12.0. The lowest BCUT2D eigenvalue weighted by Crippen LogP contribution is -2.23. The highest BCUT2D eigenvalue weighted by atomic mass is 35.5. The van der Waals surface area contributed by atoms with Crippen LogP contribution in [0, 0.1) is 0 Å². The third-order valence-electron chi connectivity index (χ3n) is 3.65. The molecule has 4 heteroatoms. The Kier molecular flexibility index (Phi) is 4.91. The van der Waals surface area contributed by atoms with Crippen LogP contribution >= 0.6 is 11.6 Å². The van der Waals surface area contributed by atoms with Crippen LogP contribution < -0.4 is 5.32 Å². The second-order valence-corrected chi connectivity index (χ2v) is 5.69. The van der Waals surface area contributed by atoms with Gasteiger partial charge in [0.25, 0.3) is 0 Å². The summed E-state index contributed by atoms with van der Waals surface area (Å²) in [4.78, 5) is 4.46. The molecule has 3 nitrogen and oxygen atoms in total. The molecule has 0 aliphatic rings. The lowest BCUT2D eigenvalue weighted by molar-refractivity contribution is 0.461. The van der Waals surface area contributed by atoms with Gasteiger partial charge in [0.2, 0.25) is 0 Å². The summed E-state index contributed by atoms with van der Waals surface area (Å²) in [7, 11) is 0. The minimum Gasteiger partial charge on any atom is -0.508 e. The van der Waals surface area contributed by atoms with Crippen molar-refractivity contribution < 1.29 is 5.11 Å². The van der Waals surface area contributed by atoms with E-state index in [1.165, 1.54) is 0 Å². The van der Waals surface area contributed by atoms with Crippen LogP contribution in [-0.4, -0.2) is 10.1 Å². The highest BCUT2D eigenvalue weighted by molar-refractivity contribution is 6.30. The molecule has 1 atom stereocenters. The molecule has 2 N–H and O–H groups in total. The summed E-state index contributed by atoms with van der Waals surface area (Å²) in [6.07, 6.45) is 1.78. The maximum absolute atomic E-state index is 9.97. The molecule has 0 spiro atoms. The Labute approximate surface area is 140 Å². The summed E-state index contributed by atoms with van der Waals surface area (Å²) >= 11 is 6.01. The number of rotatable bonds is 5. The van der Waals surface area contributed by atoms with Crippen molar-refractivity contribution in [1.29, 1.82) is 0 Å². The number of nitrogens with one attached hydrogen (secondary N) is 1. The van der Waals surface area contributed by atoms with Gasteiger partial charge in [-0.3, -0.25) is 4.98 Å². The van der Waals surface area contributed by atoms with E-state index in [0.717, 1.165) is 16.8 Å². The fourth-order valence-electron chi connectivity index (χ4n) is 2.49. The molecule has 0 fully saturated rings. The Morgan fingerprint density at radius 2 is 1.78 bits per heavy atom. The van der Waals surface area contributed by atoms with Gasteiger partial charge in [-0.25, -0.2) is 0 Å². The van der Waals surface area contributed by atoms with Gasteiger partial charge in [0.1, 0.15) is 5.75 Å². The number of nitrogens with zero attached hydrogens (tertiary/aromatic N) is 1. The predicted octanol–water partition coefficient (Wildman–Crippen LogP) is 4.32. The van der Waals surface area contributed by atoms with Crippen LogP contribution in [0.5, 0.6) is 5.75 Å². The second kappa shape index (κ2) is 7.27. The Hall–Kier alpha value is -2.36. The zero-order valence-corrected chi connectivity index (χ0v) is 13.2. The molecule has 0 amide bonds. The highest BCUT2D eigenvalue weighted by Gasteiger charge is 2.15. The van der Waals surface area contributed by atoms with Crippen molar-refractivity contribution in [3.05, 3.63) is 94.8 Å². The fourth-order valence-corrected chi connectivity index (χ4v) is 2.69. The molecule has 0 aliphatic heterocycles. The van der Waals surface area contributed by atoms with Crippen molar-refractivity contribution in [2.45, 2.75) is 12.6 Å². The topological polar surface area (TPSA) is 45.1 Å². The number of pyridine rings is 1. The molecule has 0 radical (unpaired) electrons. The lowest BCUT2D eigenvalue weighted by Gasteiger charge is -2.19. The number of phenolic OH excluding ortho intramolecular Hbond substituents is 1.